The highest BCUT2D eigenvalue weighted by Crippen LogP contribution is 2.15. The molecule has 0 bridgehead atoms. The summed E-state index contributed by atoms with van der Waals surface area (Å²) in [4.78, 5) is 10.7. The van der Waals surface area contributed by atoms with Gasteiger partial charge in [0, 0.05) is 6.42 Å². The van der Waals surface area contributed by atoms with E-state index in [-0.39, 0.29) is 17.1 Å². The second-order valence-corrected chi connectivity index (χ2v) is 4.03. The quantitative estimate of drug-likeness (QED) is 0.898. The third kappa shape index (κ3) is 3.55. The van der Waals surface area contributed by atoms with Crippen LogP contribution in [0.1, 0.15) is 15.9 Å². The van der Waals surface area contributed by atoms with Gasteiger partial charge in [0.05, 0.1) is 12.2 Å². The molecule has 0 fully saturated rings. The van der Waals surface area contributed by atoms with Crippen LogP contribution in [0.4, 0.5) is 4.39 Å². The van der Waals surface area contributed by atoms with Crippen molar-refractivity contribution in [1.29, 1.82) is 0 Å². The zero-order valence-electron chi connectivity index (χ0n) is 10.2. The third-order valence-electron chi connectivity index (χ3n) is 2.69. The third-order valence-corrected chi connectivity index (χ3v) is 2.69. The lowest BCUT2D eigenvalue weighted by molar-refractivity contribution is 0.0697. The van der Waals surface area contributed by atoms with Crippen LogP contribution in [0.3, 0.4) is 0 Å². The van der Waals surface area contributed by atoms with Gasteiger partial charge in [-0.3, -0.25) is 0 Å². The molecular formula is C15H13FO3. The van der Waals surface area contributed by atoms with Crippen molar-refractivity contribution in [1.82, 2.24) is 0 Å². The average Bonchev–Trinajstić information content (AvgIpc) is 2.41. The van der Waals surface area contributed by atoms with Gasteiger partial charge in [-0.2, -0.15) is 0 Å². The molecule has 0 amide bonds. The molecule has 1 N–H and O–H groups in total. The van der Waals surface area contributed by atoms with Crippen molar-refractivity contribution in [3.8, 4) is 5.75 Å². The number of halogens is 1. The summed E-state index contributed by atoms with van der Waals surface area (Å²) < 4.78 is 18.6. The van der Waals surface area contributed by atoms with Gasteiger partial charge in [0.2, 0.25) is 0 Å². The van der Waals surface area contributed by atoms with E-state index < -0.39 is 5.97 Å². The van der Waals surface area contributed by atoms with Gasteiger partial charge in [0.25, 0.3) is 0 Å². The average molecular weight is 260 g/mol. The number of hydrogen-bond acceptors (Lipinski definition) is 2. The number of rotatable bonds is 5. The molecule has 2 aromatic carbocycles. The predicted octanol–water partition coefficient (Wildman–Crippen LogP) is 3.15. The maximum absolute atomic E-state index is 13.3. The van der Waals surface area contributed by atoms with Gasteiger partial charge in [0.15, 0.2) is 11.6 Å². The Bertz CT molecular complexity index is 564. The van der Waals surface area contributed by atoms with E-state index in [0.29, 0.717) is 13.0 Å². The molecule has 98 valence electrons. The Balaban J connectivity index is 1.89. The summed E-state index contributed by atoms with van der Waals surface area (Å²) in [5.41, 5.74) is 1.19. The first-order valence-electron chi connectivity index (χ1n) is 5.86. The van der Waals surface area contributed by atoms with Crippen molar-refractivity contribution in [2.75, 3.05) is 6.61 Å². The monoisotopic (exact) mass is 260 g/mol. The van der Waals surface area contributed by atoms with Crippen LogP contribution < -0.4 is 4.74 Å². The topological polar surface area (TPSA) is 46.5 Å². The lowest BCUT2D eigenvalue weighted by atomic mass is 10.1. The highest BCUT2D eigenvalue weighted by Gasteiger charge is 2.03. The first-order chi connectivity index (χ1) is 9.16. The normalized spacial score (nSPS) is 10.2. The van der Waals surface area contributed by atoms with Gasteiger partial charge >= 0.3 is 5.97 Å². The highest BCUT2D eigenvalue weighted by molar-refractivity contribution is 5.87. The fraction of sp³-hybridized carbons (Fsp3) is 0.133. The number of carboxylic acid groups (broad SMARTS) is 1. The number of carboxylic acids is 1. The van der Waals surface area contributed by atoms with Crippen molar-refractivity contribution >= 4 is 5.97 Å². The van der Waals surface area contributed by atoms with E-state index in [1.807, 2.05) is 0 Å². The summed E-state index contributed by atoms with van der Waals surface area (Å²) in [6, 6.07) is 12.8. The Morgan fingerprint density at radius 1 is 1.11 bits per heavy atom. The number of ether oxygens (including phenoxy) is 1. The first-order valence-corrected chi connectivity index (χ1v) is 5.86. The van der Waals surface area contributed by atoms with E-state index in [2.05, 4.69) is 0 Å². The molecule has 0 aliphatic carbocycles. The van der Waals surface area contributed by atoms with E-state index in [1.165, 1.54) is 6.07 Å². The summed E-state index contributed by atoms with van der Waals surface area (Å²) in [6.07, 6.45) is 0.592. The van der Waals surface area contributed by atoms with Crippen LogP contribution in [0.15, 0.2) is 48.5 Å². The maximum atomic E-state index is 13.3. The zero-order chi connectivity index (χ0) is 13.7. The van der Waals surface area contributed by atoms with Crippen molar-refractivity contribution in [2.45, 2.75) is 6.42 Å². The molecule has 0 saturated carbocycles. The molecule has 0 atom stereocenters. The maximum Gasteiger partial charge on any atom is 0.335 e. The number of para-hydroxylation sites is 1. The molecule has 0 saturated heterocycles. The molecule has 3 nitrogen and oxygen atoms in total. The smallest absolute Gasteiger partial charge is 0.335 e. The SMILES string of the molecule is O=C(O)c1ccc(CCOc2ccccc2F)cc1. The van der Waals surface area contributed by atoms with Gasteiger partial charge in [-0.1, -0.05) is 24.3 Å². The second kappa shape index (κ2) is 6.00. The molecular weight excluding hydrogens is 247 g/mol. The van der Waals surface area contributed by atoms with E-state index in [4.69, 9.17) is 9.84 Å². The molecule has 0 unspecified atom stereocenters. The van der Waals surface area contributed by atoms with Gasteiger partial charge in [0.1, 0.15) is 0 Å². The molecule has 0 radical (unpaired) electrons. The Hall–Kier alpha value is -2.36. The minimum Gasteiger partial charge on any atom is -0.490 e. The van der Waals surface area contributed by atoms with Crippen LogP contribution in [0.25, 0.3) is 0 Å². The predicted molar refractivity (Wildman–Crippen MR) is 69.0 cm³/mol. The Morgan fingerprint density at radius 2 is 1.79 bits per heavy atom. The van der Waals surface area contributed by atoms with Gasteiger partial charge in [-0.25, -0.2) is 9.18 Å². The van der Waals surface area contributed by atoms with Crippen LogP contribution in [0.5, 0.6) is 5.75 Å². The standard InChI is InChI=1S/C15H13FO3/c16-13-3-1-2-4-14(13)19-10-9-11-5-7-12(8-6-11)15(17)18/h1-8H,9-10H2,(H,17,18). The second-order valence-electron chi connectivity index (χ2n) is 4.03. The Labute approximate surface area is 110 Å². The van der Waals surface area contributed by atoms with E-state index in [0.717, 1.165) is 5.56 Å². The fourth-order valence-electron chi connectivity index (χ4n) is 1.65. The lowest BCUT2D eigenvalue weighted by Crippen LogP contribution is -2.03. The number of hydrogen-bond donors (Lipinski definition) is 1. The van der Waals surface area contributed by atoms with Crippen molar-refractivity contribution in [3.63, 3.8) is 0 Å². The van der Waals surface area contributed by atoms with Crippen molar-refractivity contribution in [3.05, 3.63) is 65.5 Å². The number of aromatic carboxylic acids is 1. The summed E-state index contributed by atoms with van der Waals surface area (Å²) in [5, 5.41) is 8.76. The number of benzene rings is 2. The molecule has 0 aliphatic heterocycles. The van der Waals surface area contributed by atoms with E-state index in [1.54, 1.807) is 42.5 Å². The summed E-state index contributed by atoms with van der Waals surface area (Å²) in [5.74, 6) is -1.11. The van der Waals surface area contributed by atoms with Crippen molar-refractivity contribution < 1.29 is 19.0 Å². The molecule has 0 aliphatic rings. The summed E-state index contributed by atoms with van der Waals surface area (Å²) in [7, 11) is 0. The van der Waals surface area contributed by atoms with Crippen LogP contribution in [-0.2, 0) is 6.42 Å². The van der Waals surface area contributed by atoms with Gasteiger partial charge < -0.3 is 9.84 Å². The number of carbonyl (C=O) groups is 1. The molecule has 0 aromatic heterocycles. The molecule has 0 heterocycles. The molecule has 19 heavy (non-hydrogen) atoms. The lowest BCUT2D eigenvalue weighted by Gasteiger charge is -2.07. The van der Waals surface area contributed by atoms with Crippen LogP contribution in [0.2, 0.25) is 0 Å². The van der Waals surface area contributed by atoms with E-state index in [9.17, 15) is 9.18 Å². The largest absolute Gasteiger partial charge is 0.490 e. The highest BCUT2D eigenvalue weighted by atomic mass is 19.1. The summed E-state index contributed by atoms with van der Waals surface area (Å²) in [6.45, 7) is 0.341. The molecule has 0 spiro atoms. The zero-order valence-corrected chi connectivity index (χ0v) is 10.2. The van der Waals surface area contributed by atoms with Gasteiger partial charge in [-0.05, 0) is 29.8 Å². The minimum absolute atomic E-state index is 0.227. The molecule has 2 aromatic rings. The van der Waals surface area contributed by atoms with Gasteiger partial charge in [-0.15, -0.1) is 0 Å². The first kappa shape index (κ1) is 13.1. The minimum atomic E-state index is -0.950. The van der Waals surface area contributed by atoms with Crippen molar-refractivity contribution in [2.24, 2.45) is 0 Å². The molecule has 2 rings (SSSR count). The van der Waals surface area contributed by atoms with E-state index >= 15 is 0 Å². The Morgan fingerprint density at radius 3 is 2.42 bits per heavy atom. The summed E-state index contributed by atoms with van der Waals surface area (Å²) >= 11 is 0. The van der Waals surface area contributed by atoms with Crippen LogP contribution in [0, 0.1) is 5.82 Å². The van der Waals surface area contributed by atoms with Crippen LogP contribution in [-0.4, -0.2) is 17.7 Å². The molecule has 4 heteroatoms. The van der Waals surface area contributed by atoms with Crippen LogP contribution >= 0.6 is 0 Å². The Kier molecular flexibility index (Phi) is 4.13. The fourth-order valence-corrected chi connectivity index (χ4v) is 1.65.